The number of amides is 1. The highest BCUT2D eigenvalue weighted by molar-refractivity contribution is 6.02. The zero-order chi connectivity index (χ0) is 18.1. The third kappa shape index (κ3) is 3.06. The van der Waals surface area contributed by atoms with Gasteiger partial charge in [0.1, 0.15) is 0 Å². The lowest BCUT2D eigenvalue weighted by molar-refractivity contribution is 0.0994. The molecule has 1 aromatic carbocycles. The second kappa shape index (κ2) is 6.63. The van der Waals surface area contributed by atoms with E-state index in [1.165, 1.54) is 11.3 Å². The summed E-state index contributed by atoms with van der Waals surface area (Å²) in [5.41, 5.74) is 4.19. The van der Waals surface area contributed by atoms with Gasteiger partial charge in [0.05, 0.1) is 6.26 Å². The zero-order valence-corrected chi connectivity index (χ0v) is 14.8. The largest absolute Gasteiger partial charge is 0.459 e. The van der Waals surface area contributed by atoms with E-state index in [1.54, 1.807) is 18.5 Å². The summed E-state index contributed by atoms with van der Waals surface area (Å²) in [4.78, 5) is 23.2. The summed E-state index contributed by atoms with van der Waals surface area (Å²) in [7, 11) is 0. The van der Waals surface area contributed by atoms with Crippen LogP contribution in [0.1, 0.15) is 34.3 Å². The predicted molar refractivity (Wildman–Crippen MR) is 99.2 cm³/mol. The Balaban J connectivity index is 1.55. The number of rotatable bonds is 4. The molecule has 0 fully saturated rings. The number of nitrogens with zero attached hydrogens (tertiary/aromatic N) is 3. The Morgan fingerprint density at radius 3 is 3.00 bits per heavy atom. The number of para-hydroxylation sites is 1. The standard InChI is InChI=1S/C20H20N4O2/c1-13-7-9-21-20(22-13)23-19(25)18-16(8-10-26-18)12-24-14(2)11-15-5-3-4-6-17(15)24/h3-10,14H,11-12H2,1-2H3,(H,21,22,23,25)/t14-/m0/s1. The first-order valence-corrected chi connectivity index (χ1v) is 8.64. The number of carbonyl (C=O) groups is 1. The van der Waals surface area contributed by atoms with Crippen molar-refractivity contribution in [1.29, 1.82) is 0 Å². The Bertz CT molecular complexity index is 950. The van der Waals surface area contributed by atoms with Gasteiger partial charge in [0.15, 0.2) is 5.76 Å². The molecule has 0 saturated heterocycles. The van der Waals surface area contributed by atoms with Gasteiger partial charge >= 0.3 is 0 Å². The van der Waals surface area contributed by atoms with E-state index >= 15 is 0 Å². The molecule has 1 atom stereocenters. The molecule has 1 amide bonds. The summed E-state index contributed by atoms with van der Waals surface area (Å²) in [6.45, 7) is 4.66. The Hall–Kier alpha value is -3.15. The van der Waals surface area contributed by atoms with E-state index < -0.39 is 0 Å². The second-order valence-electron chi connectivity index (χ2n) is 6.56. The number of carbonyl (C=O) groups excluding carboxylic acids is 1. The molecule has 0 saturated carbocycles. The van der Waals surface area contributed by atoms with Crippen molar-refractivity contribution in [3.8, 4) is 0 Å². The lowest BCUT2D eigenvalue weighted by Crippen LogP contribution is -2.29. The fourth-order valence-electron chi connectivity index (χ4n) is 3.38. The summed E-state index contributed by atoms with van der Waals surface area (Å²) in [5.74, 6) is 0.236. The van der Waals surface area contributed by atoms with Crippen LogP contribution >= 0.6 is 0 Å². The number of fused-ring (bicyclic) bond motifs is 1. The first-order chi connectivity index (χ1) is 12.6. The molecule has 6 heteroatoms. The van der Waals surface area contributed by atoms with Crippen molar-refractivity contribution in [3.05, 3.63) is 71.4 Å². The fourth-order valence-corrected chi connectivity index (χ4v) is 3.38. The van der Waals surface area contributed by atoms with Crippen molar-refractivity contribution in [2.24, 2.45) is 0 Å². The van der Waals surface area contributed by atoms with Gasteiger partial charge in [-0.1, -0.05) is 18.2 Å². The Morgan fingerprint density at radius 2 is 2.15 bits per heavy atom. The predicted octanol–water partition coefficient (Wildman–Crippen LogP) is 3.58. The maximum absolute atomic E-state index is 12.6. The lowest BCUT2D eigenvalue weighted by atomic mass is 10.1. The van der Waals surface area contributed by atoms with E-state index in [0.29, 0.717) is 18.3 Å². The first kappa shape index (κ1) is 16.3. The summed E-state index contributed by atoms with van der Waals surface area (Å²) < 4.78 is 5.47. The van der Waals surface area contributed by atoms with Gasteiger partial charge < -0.3 is 9.32 Å². The van der Waals surface area contributed by atoms with E-state index in [1.807, 2.05) is 19.1 Å². The fraction of sp³-hybridized carbons (Fsp3) is 0.250. The second-order valence-corrected chi connectivity index (χ2v) is 6.56. The summed E-state index contributed by atoms with van der Waals surface area (Å²) in [6, 6.07) is 12.4. The van der Waals surface area contributed by atoms with Gasteiger partial charge in [-0.3, -0.25) is 10.1 Å². The Morgan fingerprint density at radius 1 is 1.31 bits per heavy atom. The average Bonchev–Trinajstić information content (AvgIpc) is 3.20. The van der Waals surface area contributed by atoms with Gasteiger partial charge in [0.25, 0.3) is 5.91 Å². The third-order valence-corrected chi connectivity index (χ3v) is 4.66. The molecule has 1 N–H and O–H groups in total. The highest BCUT2D eigenvalue weighted by Gasteiger charge is 2.27. The number of furan rings is 1. The molecule has 4 rings (SSSR count). The van der Waals surface area contributed by atoms with Gasteiger partial charge in [-0.2, -0.15) is 0 Å². The smallest absolute Gasteiger partial charge is 0.294 e. The number of aromatic nitrogens is 2. The van der Waals surface area contributed by atoms with Crippen LogP contribution in [0.5, 0.6) is 0 Å². The molecule has 1 aliphatic rings. The summed E-state index contributed by atoms with van der Waals surface area (Å²) in [5, 5.41) is 2.71. The molecule has 132 valence electrons. The van der Waals surface area contributed by atoms with Crippen molar-refractivity contribution in [3.63, 3.8) is 0 Å². The summed E-state index contributed by atoms with van der Waals surface area (Å²) >= 11 is 0. The van der Waals surface area contributed by atoms with Crippen LogP contribution in [0.3, 0.4) is 0 Å². The van der Waals surface area contributed by atoms with Crippen LogP contribution < -0.4 is 10.2 Å². The summed E-state index contributed by atoms with van der Waals surface area (Å²) in [6.07, 6.45) is 4.17. The van der Waals surface area contributed by atoms with E-state index in [0.717, 1.165) is 17.7 Å². The highest BCUT2D eigenvalue weighted by Crippen LogP contribution is 2.33. The van der Waals surface area contributed by atoms with Crippen LogP contribution in [-0.2, 0) is 13.0 Å². The minimum absolute atomic E-state index is 0.275. The molecule has 26 heavy (non-hydrogen) atoms. The molecule has 3 aromatic rings. The van der Waals surface area contributed by atoms with E-state index in [2.05, 4.69) is 45.3 Å². The maximum atomic E-state index is 12.6. The molecule has 0 aliphatic carbocycles. The van der Waals surface area contributed by atoms with Crippen LogP contribution in [0, 0.1) is 6.92 Å². The number of aryl methyl sites for hydroxylation is 1. The van der Waals surface area contributed by atoms with E-state index in [4.69, 9.17) is 4.42 Å². The van der Waals surface area contributed by atoms with Gasteiger partial charge in [-0.05, 0) is 44.0 Å². The van der Waals surface area contributed by atoms with Crippen molar-refractivity contribution < 1.29 is 9.21 Å². The monoisotopic (exact) mass is 348 g/mol. The van der Waals surface area contributed by atoms with Crippen molar-refractivity contribution >= 4 is 17.5 Å². The molecule has 0 bridgehead atoms. The zero-order valence-electron chi connectivity index (χ0n) is 14.8. The quantitative estimate of drug-likeness (QED) is 0.780. The van der Waals surface area contributed by atoms with Gasteiger partial charge in [0.2, 0.25) is 5.95 Å². The molecular weight excluding hydrogens is 328 g/mol. The Labute approximate surface area is 151 Å². The van der Waals surface area contributed by atoms with Crippen molar-refractivity contribution in [2.75, 3.05) is 10.2 Å². The van der Waals surface area contributed by atoms with E-state index in [9.17, 15) is 4.79 Å². The van der Waals surface area contributed by atoms with Gasteiger partial charge in [-0.25, -0.2) is 9.97 Å². The van der Waals surface area contributed by atoms with Crippen LogP contribution in [0.2, 0.25) is 0 Å². The third-order valence-electron chi connectivity index (χ3n) is 4.66. The van der Waals surface area contributed by atoms with Gasteiger partial charge in [-0.15, -0.1) is 0 Å². The number of nitrogens with one attached hydrogen (secondary N) is 1. The minimum Gasteiger partial charge on any atom is -0.459 e. The number of hydrogen-bond donors (Lipinski definition) is 1. The van der Waals surface area contributed by atoms with Crippen molar-refractivity contribution in [1.82, 2.24) is 9.97 Å². The Kier molecular flexibility index (Phi) is 4.16. The van der Waals surface area contributed by atoms with Crippen LogP contribution in [-0.4, -0.2) is 21.9 Å². The molecule has 0 spiro atoms. The first-order valence-electron chi connectivity index (χ1n) is 8.64. The molecule has 6 nitrogen and oxygen atoms in total. The SMILES string of the molecule is Cc1ccnc(NC(=O)c2occc2CN2c3ccccc3C[C@@H]2C)n1. The molecule has 2 aromatic heterocycles. The average molecular weight is 348 g/mol. The lowest BCUT2D eigenvalue weighted by Gasteiger charge is -2.24. The molecule has 0 unspecified atom stereocenters. The topological polar surface area (TPSA) is 71.3 Å². The van der Waals surface area contributed by atoms with Gasteiger partial charge in [0, 0.05) is 35.7 Å². The van der Waals surface area contributed by atoms with Crippen LogP contribution in [0.25, 0.3) is 0 Å². The molecule has 3 heterocycles. The van der Waals surface area contributed by atoms with Crippen LogP contribution in [0.4, 0.5) is 11.6 Å². The van der Waals surface area contributed by atoms with E-state index in [-0.39, 0.29) is 11.9 Å². The van der Waals surface area contributed by atoms with Crippen LogP contribution in [0.15, 0.2) is 53.3 Å². The maximum Gasteiger partial charge on any atom is 0.294 e. The normalized spacial score (nSPS) is 15.8. The van der Waals surface area contributed by atoms with Crippen molar-refractivity contribution in [2.45, 2.75) is 32.9 Å². The molecule has 1 aliphatic heterocycles. The highest BCUT2D eigenvalue weighted by atomic mass is 16.3. The minimum atomic E-state index is -0.337. The molecule has 0 radical (unpaired) electrons. The number of benzene rings is 1. The number of hydrogen-bond acceptors (Lipinski definition) is 5. The number of anilines is 2. The molecular formula is C20H20N4O2.